The van der Waals surface area contributed by atoms with E-state index in [2.05, 4.69) is 45.0 Å². The molecule has 2 nitrogen and oxygen atoms in total. The largest absolute Gasteiger partial charge is 0.297 e. The minimum Gasteiger partial charge on any atom is -0.297 e. The maximum Gasteiger partial charge on any atom is 0.107 e. The highest BCUT2D eigenvalue weighted by molar-refractivity contribution is 9.08. The number of aromatic nitrogens is 1. The molecule has 0 N–H and O–H groups in total. The smallest absolute Gasteiger partial charge is 0.107 e. The average Bonchev–Trinajstić information content (AvgIpc) is 2.61. The Balaban J connectivity index is 2.52. The van der Waals surface area contributed by atoms with Gasteiger partial charge in [-0.3, -0.25) is 4.90 Å². The fourth-order valence-electron chi connectivity index (χ4n) is 1.12. The van der Waals surface area contributed by atoms with Crippen LogP contribution in [-0.4, -0.2) is 23.0 Å². The van der Waals surface area contributed by atoms with Gasteiger partial charge < -0.3 is 0 Å². The van der Waals surface area contributed by atoms with Crippen molar-refractivity contribution in [2.24, 2.45) is 0 Å². The molecule has 1 aromatic rings. The molecule has 1 rings (SSSR count). The lowest BCUT2D eigenvalue weighted by atomic mass is 10.5. The summed E-state index contributed by atoms with van der Waals surface area (Å²) in [7, 11) is 0. The van der Waals surface area contributed by atoms with E-state index in [-0.39, 0.29) is 0 Å². The van der Waals surface area contributed by atoms with Crippen molar-refractivity contribution in [1.29, 1.82) is 0 Å². The van der Waals surface area contributed by atoms with Gasteiger partial charge in [0.15, 0.2) is 0 Å². The summed E-state index contributed by atoms with van der Waals surface area (Å²) in [5, 5.41) is 4.20. The van der Waals surface area contributed by atoms with Crippen LogP contribution in [0.3, 0.4) is 0 Å². The zero-order chi connectivity index (χ0) is 9.68. The van der Waals surface area contributed by atoms with E-state index >= 15 is 0 Å². The molecular weight excluding hydrogens is 248 g/mol. The number of rotatable bonds is 5. The summed E-state index contributed by atoms with van der Waals surface area (Å²) < 4.78 is 0. The van der Waals surface area contributed by atoms with Crippen molar-refractivity contribution >= 4 is 27.3 Å². The molecular formula is C9H15BrN2S. The third kappa shape index (κ3) is 3.37. The summed E-state index contributed by atoms with van der Waals surface area (Å²) in [5.74, 6) is 0. The second kappa shape index (κ2) is 5.73. The van der Waals surface area contributed by atoms with Crippen molar-refractivity contribution < 1.29 is 0 Å². The number of alkyl halides is 1. The first-order valence-corrected chi connectivity index (χ1v) is 6.51. The van der Waals surface area contributed by atoms with Crippen molar-refractivity contribution in [2.75, 3.05) is 13.1 Å². The van der Waals surface area contributed by atoms with Gasteiger partial charge in [0.2, 0.25) is 0 Å². The Morgan fingerprint density at radius 3 is 2.62 bits per heavy atom. The van der Waals surface area contributed by atoms with Gasteiger partial charge in [-0.05, 0) is 13.1 Å². The van der Waals surface area contributed by atoms with Gasteiger partial charge >= 0.3 is 0 Å². The zero-order valence-corrected chi connectivity index (χ0v) is 10.5. The maximum atomic E-state index is 4.49. The highest BCUT2D eigenvalue weighted by atomic mass is 79.9. The van der Waals surface area contributed by atoms with Crippen molar-refractivity contribution in [3.05, 3.63) is 16.1 Å². The van der Waals surface area contributed by atoms with E-state index in [1.807, 2.05) is 0 Å². The second-order valence-electron chi connectivity index (χ2n) is 2.83. The van der Waals surface area contributed by atoms with Gasteiger partial charge in [-0.2, -0.15) is 0 Å². The van der Waals surface area contributed by atoms with Crippen LogP contribution in [0.15, 0.2) is 5.38 Å². The normalized spacial score (nSPS) is 11.1. The molecule has 0 atom stereocenters. The summed E-state index contributed by atoms with van der Waals surface area (Å²) in [4.78, 5) is 6.87. The van der Waals surface area contributed by atoms with Crippen LogP contribution < -0.4 is 0 Å². The van der Waals surface area contributed by atoms with E-state index in [1.54, 1.807) is 11.3 Å². The van der Waals surface area contributed by atoms with Gasteiger partial charge in [-0.1, -0.05) is 29.8 Å². The van der Waals surface area contributed by atoms with E-state index in [4.69, 9.17) is 0 Å². The van der Waals surface area contributed by atoms with Crippen LogP contribution in [0.4, 0.5) is 0 Å². The molecule has 1 heterocycles. The van der Waals surface area contributed by atoms with E-state index in [0.29, 0.717) is 0 Å². The average molecular weight is 263 g/mol. The maximum absolute atomic E-state index is 4.49. The molecule has 0 spiro atoms. The van der Waals surface area contributed by atoms with Crippen LogP contribution in [0.5, 0.6) is 0 Å². The molecule has 1 aromatic heterocycles. The van der Waals surface area contributed by atoms with Crippen LogP contribution in [0, 0.1) is 0 Å². The Morgan fingerprint density at radius 1 is 1.46 bits per heavy atom. The summed E-state index contributed by atoms with van der Waals surface area (Å²) >= 11 is 5.15. The summed E-state index contributed by atoms with van der Waals surface area (Å²) in [6.45, 7) is 7.55. The van der Waals surface area contributed by atoms with Gasteiger partial charge in [-0.25, -0.2) is 4.98 Å². The molecule has 0 amide bonds. The number of thiazole rings is 1. The first-order chi connectivity index (χ1) is 6.30. The molecule has 0 aliphatic carbocycles. The Morgan fingerprint density at radius 2 is 2.15 bits per heavy atom. The molecule has 0 fully saturated rings. The summed E-state index contributed by atoms with van der Waals surface area (Å²) in [6, 6.07) is 0. The topological polar surface area (TPSA) is 16.1 Å². The monoisotopic (exact) mass is 262 g/mol. The summed E-state index contributed by atoms with van der Waals surface area (Å²) in [6.07, 6.45) is 0. The van der Waals surface area contributed by atoms with Gasteiger partial charge in [0.25, 0.3) is 0 Å². The molecule has 4 heteroatoms. The molecule has 0 unspecified atom stereocenters. The van der Waals surface area contributed by atoms with Crippen LogP contribution in [0.25, 0.3) is 0 Å². The van der Waals surface area contributed by atoms with Crippen molar-refractivity contribution in [3.8, 4) is 0 Å². The lowest BCUT2D eigenvalue weighted by molar-refractivity contribution is 0.295. The van der Waals surface area contributed by atoms with Crippen molar-refractivity contribution in [2.45, 2.75) is 25.7 Å². The van der Waals surface area contributed by atoms with E-state index in [0.717, 1.165) is 30.7 Å². The fraction of sp³-hybridized carbons (Fsp3) is 0.667. The van der Waals surface area contributed by atoms with Crippen LogP contribution in [0.1, 0.15) is 24.5 Å². The SMILES string of the molecule is CCN(CC)Cc1nc(CBr)cs1. The Kier molecular flexibility index (Phi) is 4.91. The minimum absolute atomic E-state index is 0.863. The van der Waals surface area contributed by atoms with Gasteiger partial charge in [0.1, 0.15) is 5.01 Å². The lowest BCUT2D eigenvalue weighted by Gasteiger charge is -2.15. The Labute approximate surface area is 92.1 Å². The van der Waals surface area contributed by atoms with Crippen LogP contribution >= 0.6 is 27.3 Å². The van der Waals surface area contributed by atoms with Gasteiger partial charge in [-0.15, -0.1) is 11.3 Å². The highest BCUT2D eigenvalue weighted by Crippen LogP contribution is 2.14. The van der Waals surface area contributed by atoms with Crippen molar-refractivity contribution in [1.82, 2.24) is 9.88 Å². The molecule has 0 bridgehead atoms. The quantitative estimate of drug-likeness (QED) is 0.759. The molecule has 0 saturated heterocycles. The third-order valence-corrected chi connectivity index (χ3v) is 3.45. The van der Waals surface area contributed by atoms with Crippen LogP contribution in [0.2, 0.25) is 0 Å². The highest BCUT2D eigenvalue weighted by Gasteiger charge is 2.04. The fourth-order valence-corrected chi connectivity index (χ4v) is 2.46. The second-order valence-corrected chi connectivity index (χ2v) is 4.33. The number of hydrogen-bond acceptors (Lipinski definition) is 3. The third-order valence-electron chi connectivity index (χ3n) is 1.99. The van der Waals surface area contributed by atoms with Crippen LogP contribution in [-0.2, 0) is 11.9 Å². The predicted octanol–water partition coefficient (Wildman–Crippen LogP) is 2.88. The molecule has 0 aromatic carbocycles. The molecule has 74 valence electrons. The van der Waals surface area contributed by atoms with Crippen molar-refractivity contribution in [3.63, 3.8) is 0 Å². The molecule has 0 radical (unpaired) electrons. The first kappa shape index (κ1) is 11.1. The predicted molar refractivity (Wildman–Crippen MR) is 61.4 cm³/mol. The standard InChI is InChI=1S/C9H15BrN2S/c1-3-12(4-2)6-9-11-8(5-10)7-13-9/h7H,3-6H2,1-2H3. The van der Waals surface area contributed by atoms with Gasteiger partial charge in [0.05, 0.1) is 12.2 Å². The number of hydrogen-bond donors (Lipinski definition) is 0. The number of halogens is 1. The molecule has 0 saturated carbocycles. The molecule has 0 aliphatic heterocycles. The number of nitrogens with zero attached hydrogens (tertiary/aromatic N) is 2. The van der Waals surface area contributed by atoms with E-state index in [9.17, 15) is 0 Å². The van der Waals surface area contributed by atoms with E-state index in [1.165, 1.54) is 5.01 Å². The van der Waals surface area contributed by atoms with E-state index < -0.39 is 0 Å². The Bertz CT molecular complexity index is 246. The minimum atomic E-state index is 0.863. The first-order valence-electron chi connectivity index (χ1n) is 4.51. The Hall–Kier alpha value is 0.0700. The molecule has 13 heavy (non-hydrogen) atoms. The van der Waals surface area contributed by atoms with Gasteiger partial charge in [0, 0.05) is 10.7 Å². The molecule has 0 aliphatic rings. The lowest BCUT2D eigenvalue weighted by Crippen LogP contribution is -2.21. The zero-order valence-electron chi connectivity index (χ0n) is 8.09. The summed E-state index contributed by atoms with van der Waals surface area (Å²) in [5.41, 5.74) is 1.15.